The number of halogens is 7. The smallest absolute Gasteiger partial charge is 0.416 e. The van der Waals surface area contributed by atoms with Gasteiger partial charge in [0.2, 0.25) is 5.91 Å². The van der Waals surface area contributed by atoms with Crippen LogP contribution in [-0.4, -0.2) is 47.5 Å². The number of carbonyl (C=O) groups excluding carboxylic acids is 2. The van der Waals surface area contributed by atoms with E-state index in [1.807, 2.05) is 0 Å². The van der Waals surface area contributed by atoms with E-state index in [-0.39, 0.29) is 18.1 Å². The molecule has 0 saturated carbocycles. The van der Waals surface area contributed by atoms with Gasteiger partial charge in [-0.05, 0) is 87.6 Å². The van der Waals surface area contributed by atoms with Crippen LogP contribution < -0.4 is 0 Å². The van der Waals surface area contributed by atoms with Crippen LogP contribution in [-0.2, 0) is 21.9 Å². The molecule has 1 aliphatic heterocycles. The summed E-state index contributed by atoms with van der Waals surface area (Å²) < 4.78 is 99.5. The summed E-state index contributed by atoms with van der Waals surface area (Å²) in [6, 6.07) is 5.57. The van der Waals surface area contributed by atoms with Crippen molar-refractivity contribution in [3.8, 4) is 0 Å². The number of nitrogens with zero attached hydrogens (tertiary/aromatic N) is 2. The summed E-state index contributed by atoms with van der Waals surface area (Å²) in [6.45, 7) is 7.20. The lowest BCUT2D eigenvalue weighted by atomic mass is 9.90. The van der Waals surface area contributed by atoms with Crippen LogP contribution in [0.4, 0.5) is 35.5 Å². The van der Waals surface area contributed by atoms with Crippen molar-refractivity contribution in [3.05, 3.63) is 76.1 Å². The van der Waals surface area contributed by atoms with Crippen molar-refractivity contribution in [2.75, 3.05) is 20.1 Å². The van der Waals surface area contributed by atoms with Crippen LogP contribution in [0.15, 0.2) is 48.0 Å². The Morgan fingerprint density at radius 3 is 1.86 bits per heavy atom. The van der Waals surface area contributed by atoms with Crippen LogP contribution in [0, 0.1) is 5.82 Å². The molecule has 2 amide bonds. The van der Waals surface area contributed by atoms with E-state index in [2.05, 4.69) is 0 Å². The number of alkyl halides is 6. The van der Waals surface area contributed by atoms with Gasteiger partial charge < -0.3 is 14.5 Å². The average molecular weight is 603 g/mol. The van der Waals surface area contributed by atoms with Gasteiger partial charge in [-0.25, -0.2) is 9.18 Å². The van der Waals surface area contributed by atoms with Gasteiger partial charge in [0.15, 0.2) is 0 Å². The fourth-order valence-corrected chi connectivity index (χ4v) is 4.61. The molecule has 2 aromatic rings. The molecule has 0 aliphatic carbocycles. The first-order valence-electron chi connectivity index (χ1n) is 13.3. The second-order valence-corrected chi connectivity index (χ2v) is 11.3. The molecule has 42 heavy (non-hydrogen) atoms. The Balaban J connectivity index is 1.89. The Hall–Kier alpha value is -3.57. The fraction of sp³-hybridized carbons (Fsp3) is 0.467. The Bertz CT molecular complexity index is 1280. The van der Waals surface area contributed by atoms with Crippen LogP contribution >= 0.6 is 0 Å². The molecule has 1 fully saturated rings. The first kappa shape index (κ1) is 32.9. The molecule has 1 heterocycles. The molecule has 1 saturated heterocycles. The summed E-state index contributed by atoms with van der Waals surface area (Å²) in [5.41, 5.74) is -2.01. The molecule has 0 N–H and O–H groups in total. The first-order valence-corrected chi connectivity index (χ1v) is 13.3. The number of hydrogen-bond acceptors (Lipinski definition) is 3. The largest absolute Gasteiger partial charge is 0.444 e. The maximum absolute atomic E-state index is 13.7. The van der Waals surface area contributed by atoms with Crippen molar-refractivity contribution >= 4 is 17.6 Å². The quantitative estimate of drug-likeness (QED) is 0.324. The zero-order valence-electron chi connectivity index (χ0n) is 23.9. The van der Waals surface area contributed by atoms with Crippen LogP contribution in [0.1, 0.15) is 75.3 Å². The standard InChI is InChI=1S/C30H33F7N2O3/c1-18(21-14-22(29(32,33)34)16-23(15-21)30(35,36)37)38(5)26(40)17-25(19-6-8-24(31)9-7-19)20-10-12-39(13-11-20)27(41)42-28(2,3)4/h6-9,14-16,18H,10-13,17H2,1-5H3/t18-/m0/s1. The van der Waals surface area contributed by atoms with E-state index in [9.17, 15) is 40.3 Å². The topological polar surface area (TPSA) is 49.9 Å². The van der Waals surface area contributed by atoms with E-state index in [1.54, 1.807) is 25.7 Å². The van der Waals surface area contributed by atoms with Gasteiger partial charge in [0.05, 0.1) is 23.6 Å². The van der Waals surface area contributed by atoms with E-state index in [4.69, 9.17) is 4.74 Å². The van der Waals surface area contributed by atoms with Crippen molar-refractivity contribution in [2.24, 2.45) is 0 Å². The number of piperidine rings is 1. The third-order valence-corrected chi connectivity index (χ3v) is 7.03. The van der Waals surface area contributed by atoms with Gasteiger partial charge in [0.25, 0.3) is 0 Å². The van der Waals surface area contributed by atoms with Crippen LogP contribution in [0.3, 0.4) is 0 Å². The van der Waals surface area contributed by atoms with Gasteiger partial charge in [-0.2, -0.15) is 26.3 Å². The van der Waals surface area contributed by atoms with Crippen LogP contribution in [0.5, 0.6) is 0 Å². The third-order valence-electron chi connectivity index (χ3n) is 7.03. The van der Waals surface area contributed by atoms with E-state index < -0.39 is 52.9 Å². The van der Waals surface area contributed by atoms with Gasteiger partial charge in [-0.3, -0.25) is 4.79 Å². The second-order valence-electron chi connectivity index (χ2n) is 11.3. The Kier molecular flexibility index (Phi) is 9.68. The average Bonchev–Trinajstić information content (AvgIpc) is 2.89. The van der Waals surface area contributed by atoms with E-state index in [0.29, 0.717) is 49.2 Å². The number of rotatable bonds is 5. The first-order chi connectivity index (χ1) is 19.3. The van der Waals surface area contributed by atoms with Crippen molar-refractivity contribution in [1.29, 1.82) is 0 Å². The predicted molar refractivity (Wildman–Crippen MR) is 143 cm³/mol. The molecular weight excluding hydrogens is 569 g/mol. The minimum Gasteiger partial charge on any atom is -0.444 e. The number of likely N-dealkylation sites (tertiary alicyclic amines) is 1. The highest BCUT2D eigenvalue weighted by Gasteiger charge is 2.38. The van der Waals surface area contributed by atoms with Crippen molar-refractivity contribution < 1.29 is 45.1 Å². The monoisotopic (exact) mass is 602 g/mol. The lowest BCUT2D eigenvalue weighted by Crippen LogP contribution is -2.40. The van der Waals surface area contributed by atoms with Crippen LogP contribution in [0.2, 0.25) is 0 Å². The lowest BCUT2D eigenvalue weighted by molar-refractivity contribution is -0.143. The molecule has 0 aromatic heterocycles. The number of amides is 2. The van der Waals surface area contributed by atoms with Gasteiger partial charge in [-0.15, -0.1) is 0 Å². The van der Waals surface area contributed by atoms with Gasteiger partial charge >= 0.3 is 18.4 Å². The van der Waals surface area contributed by atoms with E-state index in [0.717, 1.165) is 10.5 Å². The molecule has 0 radical (unpaired) electrons. The van der Waals surface area contributed by atoms with Gasteiger partial charge in [0.1, 0.15) is 11.4 Å². The highest BCUT2D eigenvalue weighted by Crippen LogP contribution is 2.39. The van der Waals surface area contributed by atoms with Crippen molar-refractivity contribution in [1.82, 2.24) is 9.80 Å². The SMILES string of the molecule is C[C@@H](c1cc(C(F)(F)F)cc(C(F)(F)F)c1)N(C)C(=O)CC(=C1CCN(C(=O)OC(C)(C)C)CC1)c1ccc(F)cc1. The van der Waals surface area contributed by atoms with E-state index >= 15 is 0 Å². The maximum atomic E-state index is 13.7. The maximum Gasteiger partial charge on any atom is 0.416 e. The molecular formula is C30H33F7N2O3. The molecule has 1 atom stereocenters. The fourth-order valence-electron chi connectivity index (χ4n) is 4.61. The Morgan fingerprint density at radius 1 is 0.905 bits per heavy atom. The normalized spacial score (nSPS) is 15.3. The molecule has 0 bridgehead atoms. The van der Waals surface area contributed by atoms with Gasteiger partial charge in [0, 0.05) is 20.1 Å². The Labute approximate surface area is 239 Å². The molecule has 12 heteroatoms. The molecule has 5 nitrogen and oxygen atoms in total. The summed E-state index contributed by atoms with van der Waals surface area (Å²) in [4.78, 5) is 28.6. The minimum atomic E-state index is -5.02. The van der Waals surface area contributed by atoms with Crippen LogP contribution in [0.25, 0.3) is 5.57 Å². The van der Waals surface area contributed by atoms with Crippen molar-refractivity contribution in [3.63, 3.8) is 0 Å². The van der Waals surface area contributed by atoms with E-state index in [1.165, 1.54) is 38.2 Å². The molecule has 1 aliphatic rings. The zero-order valence-corrected chi connectivity index (χ0v) is 23.9. The second kappa shape index (κ2) is 12.3. The number of benzene rings is 2. The number of carbonyl (C=O) groups is 2. The third kappa shape index (κ3) is 8.48. The highest BCUT2D eigenvalue weighted by atomic mass is 19.4. The summed E-state index contributed by atoms with van der Waals surface area (Å²) in [7, 11) is 1.30. The Morgan fingerprint density at radius 2 is 1.40 bits per heavy atom. The number of ether oxygens (including phenoxy) is 1. The lowest BCUT2D eigenvalue weighted by Gasteiger charge is -2.32. The highest BCUT2D eigenvalue weighted by molar-refractivity contribution is 5.90. The molecule has 2 aromatic carbocycles. The summed E-state index contributed by atoms with van der Waals surface area (Å²) >= 11 is 0. The summed E-state index contributed by atoms with van der Waals surface area (Å²) in [6.07, 6.45) is -9.98. The van der Waals surface area contributed by atoms with Crippen molar-refractivity contribution in [2.45, 2.75) is 71.0 Å². The minimum absolute atomic E-state index is 0.0404. The zero-order chi connectivity index (χ0) is 31.6. The summed E-state index contributed by atoms with van der Waals surface area (Å²) in [5, 5.41) is 0. The number of hydrogen-bond donors (Lipinski definition) is 0. The molecule has 0 spiro atoms. The molecule has 3 rings (SSSR count). The van der Waals surface area contributed by atoms with Gasteiger partial charge in [-0.1, -0.05) is 17.7 Å². The molecule has 230 valence electrons. The summed E-state index contributed by atoms with van der Waals surface area (Å²) in [5.74, 6) is -1.06. The predicted octanol–water partition coefficient (Wildman–Crippen LogP) is 8.26. The molecule has 0 unspecified atom stereocenters.